The molecule has 0 spiro atoms. The molecule has 0 atom stereocenters. The van der Waals surface area contributed by atoms with E-state index in [9.17, 15) is 4.79 Å². The number of hydrogen-bond acceptors (Lipinski definition) is 4. The summed E-state index contributed by atoms with van der Waals surface area (Å²) in [6.45, 7) is 4.28. The number of rotatable bonds is 4. The third-order valence-corrected chi connectivity index (χ3v) is 3.58. The first-order chi connectivity index (χ1) is 10.8. The molecule has 0 saturated carbocycles. The molecule has 0 aliphatic carbocycles. The normalized spacial score (nSPS) is 12.8. The van der Waals surface area contributed by atoms with Gasteiger partial charge in [-0.05, 0) is 36.8 Å². The highest BCUT2D eigenvalue weighted by atomic mass is 16.6. The fraction of sp³-hybridized carbons (Fsp3) is 0.294. The molecule has 5 nitrogen and oxygen atoms in total. The Morgan fingerprint density at radius 1 is 1.14 bits per heavy atom. The number of nitrogens with zero attached hydrogens (tertiary/aromatic N) is 2. The quantitative estimate of drug-likeness (QED) is 0.870. The molecule has 1 amide bonds. The van der Waals surface area contributed by atoms with Crippen LogP contribution in [0.5, 0.6) is 11.5 Å². The Morgan fingerprint density at radius 3 is 2.59 bits per heavy atom. The van der Waals surface area contributed by atoms with E-state index >= 15 is 0 Å². The monoisotopic (exact) mass is 298 g/mol. The largest absolute Gasteiger partial charge is 0.486 e. The van der Waals surface area contributed by atoms with Crippen molar-refractivity contribution in [3.05, 3.63) is 53.9 Å². The van der Waals surface area contributed by atoms with E-state index in [1.807, 2.05) is 25.1 Å². The molecule has 22 heavy (non-hydrogen) atoms. The Bertz CT molecular complexity index is 658. The first kappa shape index (κ1) is 14.4. The molecular weight excluding hydrogens is 280 g/mol. The van der Waals surface area contributed by atoms with E-state index in [1.165, 1.54) is 0 Å². The summed E-state index contributed by atoms with van der Waals surface area (Å²) < 4.78 is 11.1. The second-order valence-electron chi connectivity index (χ2n) is 5.03. The van der Waals surface area contributed by atoms with Gasteiger partial charge in [0, 0.05) is 31.0 Å². The minimum absolute atomic E-state index is 0.000195. The molecule has 1 aliphatic heterocycles. The molecule has 1 aromatic carbocycles. The summed E-state index contributed by atoms with van der Waals surface area (Å²) >= 11 is 0. The summed E-state index contributed by atoms with van der Waals surface area (Å²) in [6, 6.07) is 9.27. The summed E-state index contributed by atoms with van der Waals surface area (Å²) in [4.78, 5) is 18.2. The molecule has 0 radical (unpaired) electrons. The molecule has 0 bridgehead atoms. The number of fused-ring (bicyclic) bond motifs is 1. The topological polar surface area (TPSA) is 51.7 Å². The summed E-state index contributed by atoms with van der Waals surface area (Å²) in [5, 5.41) is 0. The van der Waals surface area contributed by atoms with Gasteiger partial charge in [-0.15, -0.1) is 0 Å². The van der Waals surface area contributed by atoms with E-state index in [0.717, 1.165) is 17.1 Å². The van der Waals surface area contributed by atoms with E-state index in [-0.39, 0.29) is 5.91 Å². The van der Waals surface area contributed by atoms with Crippen molar-refractivity contribution in [1.82, 2.24) is 9.88 Å². The van der Waals surface area contributed by atoms with Crippen molar-refractivity contribution in [3.63, 3.8) is 0 Å². The first-order valence-corrected chi connectivity index (χ1v) is 7.35. The van der Waals surface area contributed by atoms with Gasteiger partial charge in [-0.2, -0.15) is 0 Å². The molecule has 0 unspecified atom stereocenters. The summed E-state index contributed by atoms with van der Waals surface area (Å²) in [7, 11) is 0. The Balaban J connectivity index is 1.77. The van der Waals surface area contributed by atoms with E-state index in [1.54, 1.807) is 29.4 Å². The number of hydrogen-bond donors (Lipinski definition) is 0. The van der Waals surface area contributed by atoms with Crippen LogP contribution in [0.4, 0.5) is 0 Å². The van der Waals surface area contributed by atoms with Crippen LogP contribution in [0, 0.1) is 0 Å². The molecule has 1 aromatic heterocycles. The van der Waals surface area contributed by atoms with Crippen molar-refractivity contribution < 1.29 is 14.3 Å². The van der Waals surface area contributed by atoms with Crippen LogP contribution in [-0.2, 0) is 6.54 Å². The Morgan fingerprint density at radius 2 is 1.86 bits per heavy atom. The van der Waals surface area contributed by atoms with Crippen LogP contribution in [0.1, 0.15) is 22.8 Å². The zero-order valence-electron chi connectivity index (χ0n) is 12.5. The minimum atomic E-state index is -0.000195. The summed E-state index contributed by atoms with van der Waals surface area (Å²) in [5.41, 5.74) is 1.67. The lowest BCUT2D eigenvalue weighted by Gasteiger charge is -2.23. The Labute approximate surface area is 129 Å². The number of amides is 1. The first-order valence-electron chi connectivity index (χ1n) is 7.35. The van der Waals surface area contributed by atoms with Gasteiger partial charge >= 0.3 is 0 Å². The second kappa shape index (κ2) is 6.47. The van der Waals surface area contributed by atoms with Gasteiger partial charge in [-0.1, -0.05) is 6.07 Å². The van der Waals surface area contributed by atoms with Crippen molar-refractivity contribution >= 4 is 5.91 Å². The van der Waals surface area contributed by atoms with Gasteiger partial charge in [-0.3, -0.25) is 9.78 Å². The number of aromatic nitrogens is 1. The average molecular weight is 298 g/mol. The third kappa shape index (κ3) is 3.03. The number of carbonyl (C=O) groups is 1. The molecule has 5 heteroatoms. The lowest BCUT2D eigenvalue weighted by Crippen LogP contribution is -2.30. The molecule has 3 rings (SSSR count). The highest BCUT2D eigenvalue weighted by Gasteiger charge is 2.16. The maximum Gasteiger partial charge on any atom is 0.254 e. The number of carbonyl (C=O) groups excluding carboxylic acids is 1. The van der Waals surface area contributed by atoms with Gasteiger partial charge in [-0.25, -0.2) is 0 Å². The fourth-order valence-electron chi connectivity index (χ4n) is 2.41. The smallest absolute Gasteiger partial charge is 0.254 e. The standard InChI is InChI=1S/C17H18N2O3/c1-2-19(17(20)14-5-7-18-8-6-14)12-13-3-4-15-16(11-13)22-10-9-21-15/h3-8,11H,2,9-10,12H2,1H3. The van der Waals surface area contributed by atoms with Crippen LogP contribution in [0.2, 0.25) is 0 Å². The van der Waals surface area contributed by atoms with Crippen LogP contribution in [0.15, 0.2) is 42.7 Å². The van der Waals surface area contributed by atoms with Gasteiger partial charge in [0.25, 0.3) is 5.91 Å². The molecule has 2 aromatic rings. The van der Waals surface area contributed by atoms with Crippen molar-refractivity contribution in [2.24, 2.45) is 0 Å². The van der Waals surface area contributed by atoms with Gasteiger partial charge in [0.1, 0.15) is 13.2 Å². The van der Waals surface area contributed by atoms with Crippen LogP contribution < -0.4 is 9.47 Å². The molecule has 0 N–H and O–H groups in total. The molecule has 114 valence electrons. The SMILES string of the molecule is CCN(Cc1ccc2c(c1)OCCO2)C(=O)c1ccncc1. The van der Waals surface area contributed by atoms with E-state index < -0.39 is 0 Å². The molecule has 2 heterocycles. The molecule has 1 aliphatic rings. The van der Waals surface area contributed by atoms with Crippen molar-refractivity contribution in [1.29, 1.82) is 0 Å². The minimum Gasteiger partial charge on any atom is -0.486 e. The number of pyridine rings is 1. The Hall–Kier alpha value is -2.56. The Kier molecular flexibility index (Phi) is 4.23. The van der Waals surface area contributed by atoms with Gasteiger partial charge in [0.05, 0.1) is 0 Å². The molecular formula is C17H18N2O3. The lowest BCUT2D eigenvalue weighted by molar-refractivity contribution is 0.0752. The maximum absolute atomic E-state index is 12.5. The van der Waals surface area contributed by atoms with E-state index in [0.29, 0.717) is 31.9 Å². The third-order valence-electron chi connectivity index (χ3n) is 3.58. The van der Waals surface area contributed by atoms with E-state index in [4.69, 9.17) is 9.47 Å². The zero-order chi connectivity index (χ0) is 15.4. The number of ether oxygens (including phenoxy) is 2. The van der Waals surface area contributed by atoms with Crippen LogP contribution in [-0.4, -0.2) is 35.5 Å². The predicted octanol–water partition coefficient (Wildman–Crippen LogP) is 2.52. The van der Waals surface area contributed by atoms with Crippen molar-refractivity contribution in [2.45, 2.75) is 13.5 Å². The maximum atomic E-state index is 12.5. The van der Waals surface area contributed by atoms with Crippen LogP contribution in [0.25, 0.3) is 0 Å². The van der Waals surface area contributed by atoms with Gasteiger partial charge < -0.3 is 14.4 Å². The summed E-state index contributed by atoms with van der Waals surface area (Å²) in [6.07, 6.45) is 3.26. The fourth-order valence-corrected chi connectivity index (χ4v) is 2.41. The number of benzene rings is 1. The highest BCUT2D eigenvalue weighted by Crippen LogP contribution is 2.31. The van der Waals surface area contributed by atoms with Crippen molar-refractivity contribution in [2.75, 3.05) is 19.8 Å². The van der Waals surface area contributed by atoms with Crippen molar-refractivity contribution in [3.8, 4) is 11.5 Å². The molecule has 0 saturated heterocycles. The molecule has 0 fully saturated rings. The second-order valence-corrected chi connectivity index (χ2v) is 5.03. The highest BCUT2D eigenvalue weighted by molar-refractivity contribution is 5.94. The van der Waals surface area contributed by atoms with Gasteiger partial charge in [0.2, 0.25) is 0 Å². The zero-order valence-corrected chi connectivity index (χ0v) is 12.5. The van der Waals surface area contributed by atoms with Crippen LogP contribution in [0.3, 0.4) is 0 Å². The summed E-state index contributed by atoms with van der Waals surface area (Å²) in [5.74, 6) is 1.51. The lowest BCUT2D eigenvalue weighted by atomic mass is 10.1. The predicted molar refractivity (Wildman–Crippen MR) is 82.1 cm³/mol. The average Bonchev–Trinajstić information content (AvgIpc) is 2.59. The van der Waals surface area contributed by atoms with Crippen LogP contribution >= 0.6 is 0 Å². The van der Waals surface area contributed by atoms with Gasteiger partial charge in [0.15, 0.2) is 11.5 Å². The van der Waals surface area contributed by atoms with E-state index in [2.05, 4.69) is 4.98 Å².